The van der Waals surface area contributed by atoms with Crippen LogP contribution in [0.15, 0.2) is 48.5 Å². The lowest BCUT2D eigenvalue weighted by atomic mass is 10.0. The molecule has 4 heteroatoms. The molecule has 2 aromatic rings. The molecule has 0 aromatic heterocycles. The van der Waals surface area contributed by atoms with E-state index in [1.54, 1.807) is 25.5 Å². The Hall–Kier alpha value is -1.81. The van der Waals surface area contributed by atoms with E-state index >= 15 is 0 Å². The predicted octanol–water partition coefficient (Wildman–Crippen LogP) is 4.36. The van der Waals surface area contributed by atoms with Gasteiger partial charge in [0, 0.05) is 6.42 Å². The molecule has 0 saturated carbocycles. The summed E-state index contributed by atoms with van der Waals surface area (Å²) in [6, 6.07) is 12.2. The molecule has 2 rings (SSSR count). The van der Waals surface area contributed by atoms with Gasteiger partial charge in [-0.15, -0.1) is 0 Å². The molecule has 1 N–H and O–H groups in total. The molecule has 1 unspecified atom stereocenters. The minimum Gasteiger partial charge on any atom is -0.389 e. The molecule has 1 nitrogen and oxygen atoms in total. The van der Waals surface area contributed by atoms with Gasteiger partial charge < -0.3 is 5.11 Å². The molecule has 20 heavy (non-hydrogen) atoms. The lowest BCUT2D eigenvalue weighted by Gasteiger charge is -2.08. The summed E-state index contributed by atoms with van der Waals surface area (Å²) in [7, 11) is 0. The second-order valence-corrected chi connectivity index (χ2v) is 4.61. The topological polar surface area (TPSA) is 20.2 Å². The number of benzene rings is 2. The highest BCUT2D eigenvalue weighted by Gasteiger charge is 2.29. The van der Waals surface area contributed by atoms with Gasteiger partial charge in [0.15, 0.2) is 0 Å². The van der Waals surface area contributed by atoms with Crippen LogP contribution in [0.2, 0.25) is 0 Å². The fraction of sp³-hybridized carbons (Fsp3) is 0.188. The molecular formula is C16H14F3O. The molecule has 1 radical (unpaired) electrons. The van der Waals surface area contributed by atoms with E-state index < -0.39 is 17.8 Å². The van der Waals surface area contributed by atoms with E-state index in [4.69, 9.17) is 0 Å². The van der Waals surface area contributed by atoms with Gasteiger partial charge in [-0.3, -0.25) is 0 Å². The van der Waals surface area contributed by atoms with Crippen molar-refractivity contribution in [2.75, 3.05) is 0 Å². The Morgan fingerprint density at radius 2 is 1.35 bits per heavy atom. The maximum absolute atomic E-state index is 12.4. The molecule has 2 aromatic carbocycles. The summed E-state index contributed by atoms with van der Waals surface area (Å²) in [6.07, 6.45) is -3.06. The molecule has 1 atom stereocenters. The molecule has 0 bridgehead atoms. The Morgan fingerprint density at radius 1 is 0.900 bits per heavy atom. The van der Waals surface area contributed by atoms with Gasteiger partial charge in [-0.25, -0.2) is 0 Å². The van der Waals surface area contributed by atoms with E-state index in [1.165, 1.54) is 12.1 Å². The van der Waals surface area contributed by atoms with Crippen molar-refractivity contribution in [3.8, 4) is 0 Å². The Labute approximate surface area is 115 Å². The SMILES string of the molecule is CC(O)c1ccc([CH]c2ccc(C(F)(F)F)cc2)cc1. The summed E-state index contributed by atoms with van der Waals surface area (Å²) in [4.78, 5) is 0. The van der Waals surface area contributed by atoms with Gasteiger partial charge in [0.2, 0.25) is 0 Å². The van der Waals surface area contributed by atoms with E-state index in [0.29, 0.717) is 5.56 Å². The molecular weight excluding hydrogens is 265 g/mol. The van der Waals surface area contributed by atoms with Crippen molar-refractivity contribution in [1.29, 1.82) is 0 Å². The predicted molar refractivity (Wildman–Crippen MR) is 71.0 cm³/mol. The van der Waals surface area contributed by atoms with Gasteiger partial charge in [0.05, 0.1) is 11.7 Å². The molecule has 0 aliphatic carbocycles. The Balaban J connectivity index is 2.10. The van der Waals surface area contributed by atoms with E-state index in [2.05, 4.69) is 0 Å². The zero-order valence-electron chi connectivity index (χ0n) is 10.9. The molecule has 0 heterocycles. The second-order valence-electron chi connectivity index (χ2n) is 4.61. The van der Waals surface area contributed by atoms with E-state index in [-0.39, 0.29) is 0 Å². The highest BCUT2D eigenvalue weighted by Crippen LogP contribution is 2.29. The summed E-state index contributed by atoms with van der Waals surface area (Å²) in [5.41, 5.74) is 1.71. The van der Waals surface area contributed by atoms with E-state index in [9.17, 15) is 18.3 Å². The number of rotatable bonds is 3. The number of alkyl halides is 3. The average Bonchev–Trinajstić information content (AvgIpc) is 2.39. The molecule has 0 spiro atoms. The third-order valence-corrected chi connectivity index (χ3v) is 2.99. The van der Waals surface area contributed by atoms with Crippen LogP contribution in [0.3, 0.4) is 0 Å². The van der Waals surface area contributed by atoms with Crippen molar-refractivity contribution < 1.29 is 18.3 Å². The fourth-order valence-electron chi connectivity index (χ4n) is 1.83. The monoisotopic (exact) mass is 279 g/mol. The van der Waals surface area contributed by atoms with Gasteiger partial charge in [-0.1, -0.05) is 36.4 Å². The first-order valence-corrected chi connectivity index (χ1v) is 6.16. The third-order valence-electron chi connectivity index (χ3n) is 2.99. The van der Waals surface area contributed by atoms with Crippen LogP contribution in [-0.2, 0) is 6.18 Å². The highest BCUT2D eigenvalue weighted by atomic mass is 19.4. The number of hydrogen-bond donors (Lipinski definition) is 1. The first kappa shape index (κ1) is 14.6. The second kappa shape index (κ2) is 5.67. The third kappa shape index (κ3) is 3.61. The van der Waals surface area contributed by atoms with Crippen molar-refractivity contribution in [2.45, 2.75) is 19.2 Å². The average molecular weight is 279 g/mol. The van der Waals surface area contributed by atoms with E-state index in [1.807, 2.05) is 12.1 Å². The van der Waals surface area contributed by atoms with Crippen molar-refractivity contribution in [1.82, 2.24) is 0 Å². The van der Waals surface area contributed by atoms with Gasteiger partial charge in [-0.2, -0.15) is 13.2 Å². The van der Waals surface area contributed by atoms with Gasteiger partial charge in [0.1, 0.15) is 0 Å². The number of aliphatic hydroxyl groups excluding tert-OH is 1. The Bertz CT molecular complexity index is 554. The molecule has 0 fully saturated rings. The molecule has 105 valence electrons. The van der Waals surface area contributed by atoms with Crippen LogP contribution in [0.4, 0.5) is 13.2 Å². The van der Waals surface area contributed by atoms with Gasteiger partial charge in [-0.05, 0) is 35.7 Å². The number of hydrogen-bond acceptors (Lipinski definition) is 1. The summed E-state index contributed by atoms with van der Waals surface area (Å²) in [5.74, 6) is 0. The normalized spacial score (nSPS) is 13.2. The van der Waals surface area contributed by atoms with Crippen molar-refractivity contribution >= 4 is 0 Å². The summed E-state index contributed by atoms with van der Waals surface area (Å²) >= 11 is 0. The first-order valence-electron chi connectivity index (χ1n) is 6.16. The minimum atomic E-state index is -4.31. The smallest absolute Gasteiger partial charge is 0.389 e. The standard InChI is InChI=1S/C16H14F3O/c1-11(20)14-6-2-12(3-7-14)10-13-4-8-15(9-5-13)16(17,18)19/h2-11,20H,1H3. The van der Waals surface area contributed by atoms with Gasteiger partial charge >= 0.3 is 6.18 Å². The zero-order valence-corrected chi connectivity index (χ0v) is 10.9. The van der Waals surface area contributed by atoms with Crippen LogP contribution < -0.4 is 0 Å². The van der Waals surface area contributed by atoms with Crippen molar-refractivity contribution in [3.05, 3.63) is 77.2 Å². The number of halogens is 3. The Morgan fingerprint density at radius 3 is 1.75 bits per heavy atom. The maximum atomic E-state index is 12.4. The summed E-state index contributed by atoms with van der Waals surface area (Å²) in [6.45, 7) is 1.68. The first-order chi connectivity index (χ1) is 9.36. The van der Waals surface area contributed by atoms with Crippen LogP contribution in [0.1, 0.15) is 35.3 Å². The lowest BCUT2D eigenvalue weighted by Crippen LogP contribution is -2.04. The molecule has 0 saturated heterocycles. The molecule has 0 aliphatic rings. The van der Waals surface area contributed by atoms with Crippen LogP contribution in [0.25, 0.3) is 0 Å². The van der Waals surface area contributed by atoms with Crippen LogP contribution in [-0.4, -0.2) is 5.11 Å². The maximum Gasteiger partial charge on any atom is 0.416 e. The zero-order chi connectivity index (χ0) is 14.8. The Kier molecular flexibility index (Phi) is 4.14. The van der Waals surface area contributed by atoms with Gasteiger partial charge in [0.25, 0.3) is 0 Å². The summed E-state index contributed by atoms with van der Waals surface area (Å²) < 4.78 is 37.3. The van der Waals surface area contributed by atoms with Crippen LogP contribution >= 0.6 is 0 Å². The van der Waals surface area contributed by atoms with Crippen LogP contribution in [0.5, 0.6) is 0 Å². The van der Waals surface area contributed by atoms with Crippen LogP contribution in [0, 0.1) is 6.42 Å². The molecule has 0 amide bonds. The quantitative estimate of drug-likeness (QED) is 0.885. The highest BCUT2D eigenvalue weighted by molar-refractivity contribution is 5.39. The number of aliphatic hydroxyl groups is 1. The fourth-order valence-corrected chi connectivity index (χ4v) is 1.83. The minimum absolute atomic E-state index is 0.532. The lowest BCUT2D eigenvalue weighted by molar-refractivity contribution is -0.137. The largest absolute Gasteiger partial charge is 0.416 e. The van der Waals surface area contributed by atoms with Crippen molar-refractivity contribution in [2.24, 2.45) is 0 Å². The summed E-state index contributed by atoms with van der Waals surface area (Å²) in [5, 5.41) is 9.39. The van der Waals surface area contributed by atoms with Crippen molar-refractivity contribution in [3.63, 3.8) is 0 Å². The molecule has 0 aliphatic heterocycles. The van der Waals surface area contributed by atoms with E-state index in [0.717, 1.165) is 23.3 Å².